The standard InChI is InChI=1S/C52H33NOS/c1-2-13-35-30-37(27-26-34(35)12-1)36-14-9-16-40(31-36)53(41-17-10-15-38(32-41)43-21-11-22-47-46-20-5-8-25-51(46)55-52(43)47)48-23-6-3-18-42(48)39-28-29-45-44-19-4-7-24-49(44)54-50(45)33-39/h1-33H. The first-order valence-corrected chi connectivity index (χ1v) is 19.5. The maximum absolute atomic E-state index is 6.39. The molecule has 258 valence electrons. The third kappa shape index (κ3) is 5.40. The van der Waals surface area contributed by atoms with Crippen LogP contribution < -0.4 is 4.90 Å². The zero-order valence-electron chi connectivity index (χ0n) is 29.8. The molecule has 55 heavy (non-hydrogen) atoms. The number of para-hydroxylation sites is 2. The van der Waals surface area contributed by atoms with Gasteiger partial charge >= 0.3 is 0 Å². The lowest BCUT2D eigenvalue weighted by molar-refractivity contribution is 0.669. The maximum Gasteiger partial charge on any atom is 0.136 e. The van der Waals surface area contributed by atoms with Gasteiger partial charge in [-0.25, -0.2) is 0 Å². The minimum Gasteiger partial charge on any atom is -0.456 e. The smallest absolute Gasteiger partial charge is 0.136 e. The van der Waals surface area contributed by atoms with Crippen molar-refractivity contribution >= 4 is 81.3 Å². The van der Waals surface area contributed by atoms with Gasteiger partial charge in [0.1, 0.15) is 11.2 Å². The number of hydrogen-bond donors (Lipinski definition) is 0. The van der Waals surface area contributed by atoms with Crippen LogP contribution in [0.5, 0.6) is 0 Å². The van der Waals surface area contributed by atoms with Crippen LogP contribution in [0.4, 0.5) is 17.1 Å². The number of thiophene rings is 1. The van der Waals surface area contributed by atoms with Crippen LogP contribution in [-0.4, -0.2) is 0 Å². The zero-order chi connectivity index (χ0) is 36.3. The van der Waals surface area contributed by atoms with E-state index in [2.05, 4.69) is 193 Å². The van der Waals surface area contributed by atoms with Gasteiger partial charge in [0.25, 0.3) is 0 Å². The van der Waals surface area contributed by atoms with E-state index >= 15 is 0 Å². The Morgan fingerprint density at radius 2 is 0.982 bits per heavy atom. The fourth-order valence-corrected chi connectivity index (χ4v) is 9.45. The predicted molar refractivity (Wildman–Crippen MR) is 235 cm³/mol. The summed E-state index contributed by atoms with van der Waals surface area (Å²) < 4.78 is 9.01. The van der Waals surface area contributed by atoms with Gasteiger partial charge in [-0.3, -0.25) is 0 Å². The highest BCUT2D eigenvalue weighted by atomic mass is 32.1. The van der Waals surface area contributed by atoms with Gasteiger partial charge < -0.3 is 9.32 Å². The Morgan fingerprint density at radius 3 is 1.89 bits per heavy atom. The molecular weight excluding hydrogens is 687 g/mol. The molecule has 0 saturated carbocycles. The van der Waals surface area contributed by atoms with Crippen molar-refractivity contribution in [2.45, 2.75) is 0 Å². The lowest BCUT2D eigenvalue weighted by Crippen LogP contribution is -2.11. The Balaban J connectivity index is 1.11. The molecule has 0 fully saturated rings. The quantitative estimate of drug-likeness (QED) is 0.170. The molecule has 11 rings (SSSR count). The highest BCUT2D eigenvalue weighted by Gasteiger charge is 2.20. The minimum absolute atomic E-state index is 0.886. The summed E-state index contributed by atoms with van der Waals surface area (Å²) in [6.45, 7) is 0. The molecule has 0 spiro atoms. The highest BCUT2D eigenvalue weighted by Crippen LogP contribution is 2.45. The van der Waals surface area contributed by atoms with Crippen LogP contribution in [-0.2, 0) is 0 Å². The molecule has 9 aromatic carbocycles. The average Bonchev–Trinajstić information content (AvgIpc) is 3.82. The molecule has 0 saturated heterocycles. The monoisotopic (exact) mass is 719 g/mol. The van der Waals surface area contributed by atoms with Crippen LogP contribution in [0.15, 0.2) is 205 Å². The van der Waals surface area contributed by atoms with Gasteiger partial charge in [-0.2, -0.15) is 0 Å². The van der Waals surface area contributed by atoms with Gasteiger partial charge in [0.15, 0.2) is 0 Å². The van der Waals surface area contributed by atoms with Crippen molar-refractivity contribution in [2.75, 3.05) is 4.90 Å². The summed E-state index contributed by atoms with van der Waals surface area (Å²) in [7, 11) is 0. The van der Waals surface area contributed by atoms with Crippen molar-refractivity contribution in [2.24, 2.45) is 0 Å². The fraction of sp³-hybridized carbons (Fsp3) is 0. The lowest BCUT2D eigenvalue weighted by Gasteiger charge is -2.29. The van der Waals surface area contributed by atoms with E-state index in [1.807, 2.05) is 23.5 Å². The molecule has 0 aliphatic rings. The molecule has 11 aromatic rings. The molecule has 0 atom stereocenters. The van der Waals surface area contributed by atoms with E-state index in [0.29, 0.717) is 0 Å². The molecule has 2 nitrogen and oxygen atoms in total. The molecular formula is C52H33NOS. The van der Waals surface area contributed by atoms with Gasteiger partial charge in [-0.15, -0.1) is 11.3 Å². The zero-order valence-corrected chi connectivity index (χ0v) is 30.6. The highest BCUT2D eigenvalue weighted by molar-refractivity contribution is 7.26. The Kier molecular flexibility index (Phi) is 7.39. The molecule has 0 radical (unpaired) electrons. The summed E-state index contributed by atoms with van der Waals surface area (Å²) in [6, 6.07) is 72.3. The second-order valence-electron chi connectivity index (χ2n) is 14.1. The molecule has 3 heteroatoms. The fourth-order valence-electron chi connectivity index (χ4n) is 8.21. The normalized spacial score (nSPS) is 11.6. The molecule has 0 amide bonds. The third-order valence-corrected chi connectivity index (χ3v) is 12.1. The minimum atomic E-state index is 0.886. The second kappa shape index (κ2) is 12.9. The number of rotatable bonds is 6. The first kappa shape index (κ1) is 31.6. The van der Waals surface area contributed by atoms with E-state index in [9.17, 15) is 0 Å². The van der Waals surface area contributed by atoms with Crippen molar-refractivity contribution < 1.29 is 4.42 Å². The number of anilines is 3. The van der Waals surface area contributed by atoms with Gasteiger partial charge in [0, 0.05) is 47.9 Å². The molecule has 2 aromatic heterocycles. The number of furan rings is 1. The van der Waals surface area contributed by atoms with Crippen molar-refractivity contribution in [1.29, 1.82) is 0 Å². The van der Waals surface area contributed by atoms with Gasteiger partial charge in [-0.05, 0) is 99.3 Å². The molecule has 0 aliphatic heterocycles. The van der Waals surface area contributed by atoms with Gasteiger partial charge in [-0.1, -0.05) is 140 Å². The summed E-state index contributed by atoms with van der Waals surface area (Å²) in [5.74, 6) is 0. The Morgan fingerprint density at radius 1 is 0.364 bits per heavy atom. The summed E-state index contributed by atoms with van der Waals surface area (Å²) in [4.78, 5) is 2.41. The van der Waals surface area contributed by atoms with Crippen molar-refractivity contribution in [3.8, 4) is 33.4 Å². The Labute approximate surface area is 322 Å². The molecule has 2 heterocycles. The van der Waals surface area contributed by atoms with E-state index in [-0.39, 0.29) is 0 Å². The lowest BCUT2D eigenvalue weighted by atomic mass is 9.98. The van der Waals surface area contributed by atoms with Crippen LogP contribution in [0.1, 0.15) is 0 Å². The van der Waals surface area contributed by atoms with Crippen LogP contribution >= 0.6 is 11.3 Å². The van der Waals surface area contributed by atoms with Crippen LogP contribution in [0.2, 0.25) is 0 Å². The molecule has 0 aliphatic carbocycles. The van der Waals surface area contributed by atoms with Crippen molar-refractivity contribution in [3.63, 3.8) is 0 Å². The molecule has 0 bridgehead atoms. The Bertz CT molecular complexity index is 3240. The van der Waals surface area contributed by atoms with E-state index in [4.69, 9.17) is 4.42 Å². The number of nitrogens with zero attached hydrogens (tertiary/aromatic N) is 1. The summed E-state index contributed by atoms with van der Waals surface area (Å²) in [6.07, 6.45) is 0. The SMILES string of the molecule is c1cc(-c2ccc3ccccc3c2)cc(N(c2cccc(-c3cccc4c3sc3ccccc34)c2)c2ccccc2-c2ccc3c(c2)oc2ccccc23)c1. The number of benzene rings is 9. The van der Waals surface area contributed by atoms with E-state index in [0.717, 1.165) is 50.1 Å². The first-order valence-electron chi connectivity index (χ1n) is 18.7. The van der Waals surface area contributed by atoms with E-state index < -0.39 is 0 Å². The van der Waals surface area contributed by atoms with E-state index in [1.54, 1.807) is 0 Å². The summed E-state index contributed by atoms with van der Waals surface area (Å²) in [5.41, 5.74) is 12.1. The predicted octanol–water partition coefficient (Wildman–Crippen LogP) is 15.6. The van der Waals surface area contributed by atoms with Gasteiger partial charge in [0.05, 0.1) is 5.69 Å². The van der Waals surface area contributed by atoms with Crippen molar-refractivity contribution in [1.82, 2.24) is 0 Å². The molecule has 0 unspecified atom stereocenters. The van der Waals surface area contributed by atoms with Gasteiger partial charge in [0.2, 0.25) is 0 Å². The van der Waals surface area contributed by atoms with Crippen LogP contribution in [0, 0.1) is 0 Å². The van der Waals surface area contributed by atoms with Crippen LogP contribution in [0.3, 0.4) is 0 Å². The molecule has 0 N–H and O–H groups in total. The summed E-state index contributed by atoms with van der Waals surface area (Å²) >= 11 is 1.87. The second-order valence-corrected chi connectivity index (χ2v) is 15.2. The van der Waals surface area contributed by atoms with E-state index in [1.165, 1.54) is 53.2 Å². The topological polar surface area (TPSA) is 16.4 Å². The summed E-state index contributed by atoms with van der Waals surface area (Å²) in [5, 5.41) is 7.34. The number of hydrogen-bond acceptors (Lipinski definition) is 3. The van der Waals surface area contributed by atoms with Crippen LogP contribution in [0.25, 0.3) is 86.3 Å². The first-order chi connectivity index (χ1) is 27.2. The van der Waals surface area contributed by atoms with Crippen molar-refractivity contribution in [3.05, 3.63) is 200 Å². The third-order valence-electron chi connectivity index (χ3n) is 10.8. The maximum atomic E-state index is 6.39. The average molecular weight is 720 g/mol. The Hall–Kier alpha value is -6.94. The largest absolute Gasteiger partial charge is 0.456 e. The number of fused-ring (bicyclic) bond motifs is 7.